The Morgan fingerprint density at radius 3 is 2.29 bits per heavy atom. The number of hydrogen-bond acceptors (Lipinski definition) is 4. The maximum Gasteiger partial charge on any atom is 0.277 e. The summed E-state index contributed by atoms with van der Waals surface area (Å²) in [4.78, 5) is 44.3. The summed E-state index contributed by atoms with van der Waals surface area (Å²) in [6.45, 7) is 1.99. The van der Waals surface area contributed by atoms with Crippen molar-refractivity contribution >= 4 is 38.4 Å². The first-order valence-corrected chi connectivity index (χ1v) is 12.0. The van der Waals surface area contributed by atoms with Crippen LogP contribution in [0.3, 0.4) is 0 Å². The van der Waals surface area contributed by atoms with Crippen LogP contribution in [0.1, 0.15) is 39.8 Å². The number of pyridine rings is 1. The van der Waals surface area contributed by atoms with E-state index in [4.69, 9.17) is 4.84 Å². The lowest BCUT2D eigenvalue weighted by Gasteiger charge is -2.20. The highest BCUT2D eigenvalue weighted by Crippen LogP contribution is 2.33. The molecule has 1 amide bonds. The second kappa shape index (κ2) is 10.4. The highest BCUT2D eigenvalue weighted by Gasteiger charge is 2.23. The molecule has 0 fully saturated rings. The molecule has 4 rings (SSSR count). The Hall–Kier alpha value is -3.55. The second-order valence-corrected chi connectivity index (χ2v) is 9.05. The number of amides is 1. The third kappa shape index (κ3) is 4.83. The predicted octanol–water partition coefficient (Wildman–Crippen LogP) is 5.71. The molecule has 0 bridgehead atoms. The van der Waals surface area contributed by atoms with Gasteiger partial charge < -0.3 is 0 Å². The van der Waals surface area contributed by atoms with E-state index in [9.17, 15) is 14.4 Å². The normalized spacial score (nSPS) is 11.0. The number of fused-ring (bicyclic) bond motifs is 1. The van der Waals surface area contributed by atoms with E-state index >= 15 is 0 Å². The van der Waals surface area contributed by atoms with E-state index < -0.39 is 0 Å². The Kier molecular flexibility index (Phi) is 7.28. The van der Waals surface area contributed by atoms with Crippen molar-refractivity contribution in [2.24, 2.45) is 0 Å². The van der Waals surface area contributed by atoms with Gasteiger partial charge in [-0.25, -0.2) is 5.06 Å². The fourth-order valence-corrected chi connectivity index (χ4v) is 4.49. The standard InChI is InChI=1S/C28H25BrN2O4/c1-4-24(32)26-25(19-8-6-5-7-9-19)23-16-21(29)14-15-22(23)28(34)31(26)17-18-10-12-20(13-11-18)27(33)30(2)35-3/h5-16H,4,17H2,1-3H3. The van der Waals surface area contributed by atoms with Crippen LogP contribution in [0.15, 0.2) is 82.1 Å². The lowest BCUT2D eigenvalue weighted by atomic mass is 9.94. The van der Waals surface area contributed by atoms with Gasteiger partial charge in [0.25, 0.3) is 11.5 Å². The molecule has 7 heteroatoms. The maximum atomic E-state index is 13.7. The number of ketones is 1. The van der Waals surface area contributed by atoms with Gasteiger partial charge in [0.15, 0.2) is 5.78 Å². The highest BCUT2D eigenvalue weighted by atomic mass is 79.9. The Morgan fingerprint density at radius 1 is 0.971 bits per heavy atom. The van der Waals surface area contributed by atoms with Gasteiger partial charge in [-0.2, -0.15) is 0 Å². The predicted molar refractivity (Wildman–Crippen MR) is 141 cm³/mol. The summed E-state index contributed by atoms with van der Waals surface area (Å²) >= 11 is 3.51. The summed E-state index contributed by atoms with van der Waals surface area (Å²) in [7, 11) is 2.96. The molecular weight excluding hydrogens is 508 g/mol. The molecule has 0 unspecified atom stereocenters. The molecule has 0 saturated heterocycles. The molecule has 1 aromatic heterocycles. The highest BCUT2D eigenvalue weighted by molar-refractivity contribution is 9.10. The van der Waals surface area contributed by atoms with Crippen LogP contribution in [0.25, 0.3) is 21.9 Å². The zero-order valence-electron chi connectivity index (χ0n) is 19.7. The van der Waals surface area contributed by atoms with Crippen LogP contribution in [-0.4, -0.2) is 35.5 Å². The number of halogens is 1. The number of nitrogens with zero attached hydrogens (tertiary/aromatic N) is 2. The summed E-state index contributed by atoms with van der Waals surface area (Å²) in [5.41, 5.74) is 3.01. The van der Waals surface area contributed by atoms with Crippen LogP contribution in [0, 0.1) is 0 Å². The van der Waals surface area contributed by atoms with E-state index in [2.05, 4.69) is 15.9 Å². The van der Waals surface area contributed by atoms with Crippen LogP contribution in [0.5, 0.6) is 0 Å². The molecule has 4 aromatic rings. The zero-order chi connectivity index (χ0) is 25.1. The van der Waals surface area contributed by atoms with Crippen molar-refractivity contribution in [3.63, 3.8) is 0 Å². The number of aromatic nitrogens is 1. The van der Waals surface area contributed by atoms with E-state index in [1.165, 1.54) is 14.2 Å². The molecular formula is C28H25BrN2O4. The van der Waals surface area contributed by atoms with Crippen molar-refractivity contribution < 1.29 is 14.4 Å². The average molecular weight is 533 g/mol. The first kappa shape index (κ1) is 24.6. The molecule has 3 aromatic carbocycles. The monoisotopic (exact) mass is 532 g/mol. The molecule has 0 aliphatic rings. The quantitative estimate of drug-likeness (QED) is 0.226. The van der Waals surface area contributed by atoms with E-state index in [0.717, 1.165) is 31.6 Å². The maximum absolute atomic E-state index is 13.7. The number of carbonyl (C=O) groups excluding carboxylic acids is 2. The van der Waals surface area contributed by atoms with Gasteiger partial charge in [-0.1, -0.05) is 65.3 Å². The Morgan fingerprint density at radius 2 is 1.66 bits per heavy atom. The molecule has 6 nitrogen and oxygen atoms in total. The fraction of sp³-hybridized carbons (Fsp3) is 0.179. The van der Waals surface area contributed by atoms with Gasteiger partial charge in [0, 0.05) is 34.5 Å². The summed E-state index contributed by atoms with van der Waals surface area (Å²) in [5, 5.41) is 2.41. The summed E-state index contributed by atoms with van der Waals surface area (Å²) in [5.74, 6) is -0.392. The summed E-state index contributed by atoms with van der Waals surface area (Å²) < 4.78 is 2.39. The number of hydrogen-bond donors (Lipinski definition) is 0. The van der Waals surface area contributed by atoms with Crippen LogP contribution in [0.4, 0.5) is 0 Å². The van der Waals surface area contributed by atoms with Crippen molar-refractivity contribution in [2.45, 2.75) is 19.9 Å². The minimum atomic E-state index is -0.277. The molecule has 0 spiro atoms. The first-order valence-electron chi connectivity index (χ1n) is 11.2. The largest absolute Gasteiger partial charge is 0.300 e. The topological polar surface area (TPSA) is 68.6 Å². The molecule has 0 aliphatic heterocycles. The molecule has 0 radical (unpaired) electrons. The van der Waals surface area contributed by atoms with Gasteiger partial charge in [0.1, 0.15) is 0 Å². The summed E-state index contributed by atoms with van der Waals surface area (Å²) in [6.07, 6.45) is 0.259. The molecule has 35 heavy (non-hydrogen) atoms. The van der Waals surface area contributed by atoms with Gasteiger partial charge in [-0.3, -0.25) is 23.8 Å². The summed E-state index contributed by atoms with van der Waals surface area (Å²) in [6, 6.07) is 22.1. The molecule has 178 valence electrons. The number of benzene rings is 3. The number of carbonyl (C=O) groups is 2. The van der Waals surface area contributed by atoms with Gasteiger partial charge in [0.2, 0.25) is 0 Å². The van der Waals surface area contributed by atoms with Crippen LogP contribution < -0.4 is 5.56 Å². The van der Waals surface area contributed by atoms with E-state index in [1.54, 1.807) is 41.8 Å². The van der Waals surface area contributed by atoms with Gasteiger partial charge in [-0.05, 0) is 46.8 Å². The Bertz CT molecular complexity index is 1460. The van der Waals surface area contributed by atoms with Crippen molar-refractivity contribution in [1.82, 2.24) is 9.63 Å². The van der Waals surface area contributed by atoms with Crippen molar-refractivity contribution in [3.8, 4) is 11.1 Å². The lowest BCUT2D eigenvalue weighted by Crippen LogP contribution is -2.28. The zero-order valence-corrected chi connectivity index (χ0v) is 21.3. The number of Topliss-reactive ketones (excluding diaryl/α,β-unsaturated/α-hetero) is 1. The van der Waals surface area contributed by atoms with E-state index in [1.807, 2.05) is 42.5 Å². The van der Waals surface area contributed by atoms with Crippen molar-refractivity contribution in [3.05, 3.63) is 104 Å². The third-order valence-electron chi connectivity index (χ3n) is 5.98. The molecule has 1 heterocycles. The van der Waals surface area contributed by atoms with Gasteiger partial charge >= 0.3 is 0 Å². The fourth-order valence-electron chi connectivity index (χ4n) is 4.12. The minimum Gasteiger partial charge on any atom is -0.300 e. The van der Waals surface area contributed by atoms with Crippen LogP contribution in [0.2, 0.25) is 0 Å². The van der Waals surface area contributed by atoms with Crippen LogP contribution >= 0.6 is 15.9 Å². The SMILES string of the molecule is CCC(=O)c1c(-c2ccccc2)c2cc(Br)ccc2c(=O)n1Cc1ccc(C(=O)N(C)OC)cc1. The van der Waals surface area contributed by atoms with Crippen LogP contribution in [-0.2, 0) is 11.4 Å². The van der Waals surface area contributed by atoms with E-state index in [-0.39, 0.29) is 30.2 Å². The lowest BCUT2D eigenvalue weighted by molar-refractivity contribution is -0.0756. The Balaban J connectivity index is 1.94. The second-order valence-electron chi connectivity index (χ2n) is 8.13. The molecule has 0 aliphatic carbocycles. The van der Waals surface area contributed by atoms with Crippen molar-refractivity contribution in [2.75, 3.05) is 14.2 Å². The first-order chi connectivity index (χ1) is 16.8. The smallest absolute Gasteiger partial charge is 0.277 e. The molecule has 0 atom stereocenters. The average Bonchev–Trinajstić information content (AvgIpc) is 2.89. The third-order valence-corrected chi connectivity index (χ3v) is 6.48. The molecule has 0 N–H and O–H groups in total. The number of hydroxylamine groups is 2. The van der Waals surface area contributed by atoms with Crippen molar-refractivity contribution in [1.29, 1.82) is 0 Å². The molecule has 0 saturated carbocycles. The minimum absolute atomic E-state index is 0.114. The van der Waals surface area contributed by atoms with E-state index in [0.29, 0.717) is 16.6 Å². The Labute approximate surface area is 211 Å². The van der Waals surface area contributed by atoms with Gasteiger partial charge in [0.05, 0.1) is 19.3 Å². The van der Waals surface area contributed by atoms with Gasteiger partial charge in [-0.15, -0.1) is 0 Å². The number of rotatable bonds is 7.